The van der Waals surface area contributed by atoms with E-state index in [0.717, 1.165) is 27.7 Å². The summed E-state index contributed by atoms with van der Waals surface area (Å²) in [5.74, 6) is 0.565. The SMILES string of the molecule is CN(C)c1ccc2cc(-c3cn(C)c4ccccc34)c(N)nc2c1. The molecular formula is C20H20N4. The minimum Gasteiger partial charge on any atom is -0.383 e. The molecule has 0 amide bonds. The number of hydrogen-bond acceptors (Lipinski definition) is 3. The lowest BCUT2D eigenvalue weighted by molar-refractivity contribution is 0.970. The highest BCUT2D eigenvalue weighted by atomic mass is 15.1. The zero-order valence-corrected chi connectivity index (χ0v) is 14.1. The second-order valence-corrected chi connectivity index (χ2v) is 6.36. The fourth-order valence-corrected chi connectivity index (χ4v) is 3.22. The van der Waals surface area contributed by atoms with Crippen LogP contribution in [-0.4, -0.2) is 23.6 Å². The van der Waals surface area contributed by atoms with E-state index in [4.69, 9.17) is 5.73 Å². The van der Waals surface area contributed by atoms with Crippen molar-refractivity contribution in [1.29, 1.82) is 0 Å². The largest absolute Gasteiger partial charge is 0.383 e. The van der Waals surface area contributed by atoms with Crippen LogP contribution >= 0.6 is 0 Å². The Labute approximate surface area is 141 Å². The predicted octanol–water partition coefficient (Wildman–Crippen LogP) is 4.04. The lowest BCUT2D eigenvalue weighted by Gasteiger charge is -2.13. The first-order valence-electron chi connectivity index (χ1n) is 7.96. The maximum absolute atomic E-state index is 6.31. The van der Waals surface area contributed by atoms with Crippen LogP contribution in [-0.2, 0) is 7.05 Å². The lowest BCUT2D eigenvalue weighted by Crippen LogP contribution is -2.08. The van der Waals surface area contributed by atoms with E-state index < -0.39 is 0 Å². The van der Waals surface area contributed by atoms with Crippen molar-refractivity contribution in [3.05, 3.63) is 54.7 Å². The highest BCUT2D eigenvalue weighted by molar-refractivity contribution is 6.01. The van der Waals surface area contributed by atoms with E-state index in [2.05, 4.69) is 76.2 Å². The standard InChI is InChI=1S/C20H20N4/c1-23(2)14-9-8-13-10-16(20(21)22-18(13)11-14)17-12-24(3)19-7-5-4-6-15(17)19/h4-12H,1-3H3,(H2,21,22). The molecule has 4 rings (SSSR count). The molecule has 0 bridgehead atoms. The number of benzene rings is 2. The van der Waals surface area contributed by atoms with Gasteiger partial charge >= 0.3 is 0 Å². The first-order chi connectivity index (χ1) is 11.5. The number of pyridine rings is 1. The molecule has 4 heteroatoms. The minimum atomic E-state index is 0.565. The van der Waals surface area contributed by atoms with Gasteiger partial charge in [0, 0.05) is 60.4 Å². The topological polar surface area (TPSA) is 47.1 Å². The summed E-state index contributed by atoms with van der Waals surface area (Å²) in [6.45, 7) is 0. The van der Waals surface area contributed by atoms with Gasteiger partial charge in [-0.2, -0.15) is 0 Å². The molecule has 2 aromatic heterocycles. The van der Waals surface area contributed by atoms with E-state index in [1.807, 2.05) is 14.1 Å². The van der Waals surface area contributed by atoms with Crippen LogP contribution in [0.3, 0.4) is 0 Å². The van der Waals surface area contributed by atoms with Crippen LogP contribution < -0.4 is 10.6 Å². The maximum atomic E-state index is 6.31. The van der Waals surface area contributed by atoms with Gasteiger partial charge in [-0.15, -0.1) is 0 Å². The van der Waals surface area contributed by atoms with Crippen molar-refractivity contribution in [3.63, 3.8) is 0 Å². The molecule has 0 atom stereocenters. The van der Waals surface area contributed by atoms with Crippen molar-refractivity contribution < 1.29 is 0 Å². The first kappa shape index (κ1) is 14.6. The van der Waals surface area contributed by atoms with Gasteiger partial charge in [-0.3, -0.25) is 0 Å². The van der Waals surface area contributed by atoms with Crippen molar-refractivity contribution in [1.82, 2.24) is 9.55 Å². The highest BCUT2D eigenvalue weighted by Crippen LogP contribution is 2.35. The second kappa shape index (κ2) is 5.27. The summed E-state index contributed by atoms with van der Waals surface area (Å²) in [5, 5.41) is 2.29. The van der Waals surface area contributed by atoms with Gasteiger partial charge in [0.1, 0.15) is 5.82 Å². The quantitative estimate of drug-likeness (QED) is 0.607. The second-order valence-electron chi connectivity index (χ2n) is 6.36. The molecule has 0 fully saturated rings. The van der Waals surface area contributed by atoms with Gasteiger partial charge in [0.05, 0.1) is 5.52 Å². The number of nitrogens with two attached hydrogens (primary N) is 1. The van der Waals surface area contributed by atoms with Gasteiger partial charge < -0.3 is 15.2 Å². The molecule has 0 spiro atoms. The van der Waals surface area contributed by atoms with Crippen molar-refractivity contribution in [2.45, 2.75) is 0 Å². The lowest BCUT2D eigenvalue weighted by atomic mass is 10.0. The number of fused-ring (bicyclic) bond motifs is 2. The van der Waals surface area contributed by atoms with E-state index in [1.54, 1.807) is 0 Å². The number of anilines is 2. The van der Waals surface area contributed by atoms with Gasteiger partial charge in [-0.1, -0.05) is 24.3 Å². The number of hydrogen-bond donors (Lipinski definition) is 1. The normalized spacial score (nSPS) is 11.3. The Morgan fingerprint density at radius 1 is 1.00 bits per heavy atom. The molecule has 0 saturated heterocycles. The van der Waals surface area contributed by atoms with Crippen LogP contribution in [0, 0.1) is 0 Å². The Balaban J connectivity index is 1.96. The summed E-state index contributed by atoms with van der Waals surface area (Å²) in [4.78, 5) is 6.72. The van der Waals surface area contributed by atoms with Gasteiger partial charge in [-0.05, 0) is 24.3 Å². The fourth-order valence-electron chi connectivity index (χ4n) is 3.22. The maximum Gasteiger partial charge on any atom is 0.132 e. The molecule has 0 unspecified atom stereocenters. The third-order valence-corrected chi connectivity index (χ3v) is 4.53. The van der Waals surface area contributed by atoms with Crippen LogP contribution in [0.1, 0.15) is 0 Å². The molecule has 4 nitrogen and oxygen atoms in total. The number of aryl methyl sites for hydroxylation is 1. The summed E-state index contributed by atoms with van der Waals surface area (Å²) in [6.07, 6.45) is 2.12. The zero-order valence-electron chi connectivity index (χ0n) is 14.1. The Hall–Kier alpha value is -3.01. The number of rotatable bonds is 2. The van der Waals surface area contributed by atoms with E-state index in [0.29, 0.717) is 5.82 Å². The third kappa shape index (κ3) is 2.19. The van der Waals surface area contributed by atoms with Gasteiger partial charge in [0.25, 0.3) is 0 Å². The highest BCUT2D eigenvalue weighted by Gasteiger charge is 2.13. The third-order valence-electron chi connectivity index (χ3n) is 4.53. The minimum absolute atomic E-state index is 0.565. The smallest absolute Gasteiger partial charge is 0.132 e. The van der Waals surface area contributed by atoms with Gasteiger partial charge in [-0.25, -0.2) is 4.98 Å². The predicted molar refractivity (Wildman–Crippen MR) is 102 cm³/mol. The molecule has 2 N–H and O–H groups in total. The molecule has 0 radical (unpaired) electrons. The van der Waals surface area contributed by atoms with E-state index in [-0.39, 0.29) is 0 Å². The van der Waals surface area contributed by atoms with Gasteiger partial charge in [0.2, 0.25) is 0 Å². The van der Waals surface area contributed by atoms with Crippen molar-refractivity contribution in [2.75, 3.05) is 24.7 Å². The van der Waals surface area contributed by atoms with Crippen molar-refractivity contribution >= 4 is 33.3 Å². The molecule has 2 aromatic carbocycles. The molecule has 0 saturated carbocycles. The van der Waals surface area contributed by atoms with E-state index >= 15 is 0 Å². The number of nitrogen functional groups attached to an aromatic ring is 1. The molecule has 2 heterocycles. The molecule has 0 aliphatic heterocycles. The molecule has 4 aromatic rings. The van der Waals surface area contributed by atoms with Crippen LogP contribution in [0.15, 0.2) is 54.7 Å². The van der Waals surface area contributed by atoms with Crippen molar-refractivity contribution in [3.8, 4) is 11.1 Å². The average molecular weight is 316 g/mol. The van der Waals surface area contributed by atoms with E-state index in [9.17, 15) is 0 Å². The summed E-state index contributed by atoms with van der Waals surface area (Å²) < 4.78 is 2.13. The summed E-state index contributed by atoms with van der Waals surface area (Å²) in [6, 6.07) is 16.8. The molecule has 0 aliphatic carbocycles. The fraction of sp³-hybridized carbons (Fsp3) is 0.150. The zero-order chi connectivity index (χ0) is 16.8. The van der Waals surface area contributed by atoms with Crippen molar-refractivity contribution in [2.24, 2.45) is 7.05 Å². The Bertz CT molecular complexity index is 1060. The number of aromatic nitrogens is 2. The first-order valence-corrected chi connectivity index (χ1v) is 7.96. The van der Waals surface area contributed by atoms with Crippen LogP contribution in [0.25, 0.3) is 32.9 Å². The molecule has 120 valence electrons. The summed E-state index contributed by atoms with van der Waals surface area (Å²) in [5.41, 5.74) is 11.6. The Morgan fingerprint density at radius 2 is 1.79 bits per heavy atom. The monoisotopic (exact) mass is 316 g/mol. The Morgan fingerprint density at radius 3 is 2.58 bits per heavy atom. The summed E-state index contributed by atoms with van der Waals surface area (Å²) >= 11 is 0. The molecular weight excluding hydrogens is 296 g/mol. The number of nitrogens with zero attached hydrogens (tertiary/aromatic N) is 3. The summed E-state index contributed by atoms with van der Waals surface area (Å²) in [7, 11) is 6.10. The molecule has 0 aliphatic rings. The number of para-hydroxylation sites is 1. The van der Waals surface area contributed by atoms with Gasteiger partial charge in [0.15, 0.2) is 0 Å². The van der Waals surface area contributed by atoms with Crippen LogP contribution in [0.2, 0.25) is 0 Å². The van der Waals surface area contributed by atoms with E-state index in [1.165, 1.54) is 10.9 Å². The average Bonchev–Trinajstić information content (AvgIpc) is 2.91. The van der Waals surface area contributed by atoms with Crippen LogP contribution in [0.5, 0.6) is 0 Å². The Kier molecular flexibility index (Phi) is 3.20. The molecule has 24 heavy (non-hydrogen) atoms. The van der Waals surface area contributed by atoms with Crippen LogP contribution in [0.4, 0.5) is 11.5 Å².